The van der Waals surface area contributed by atoms with Gasteiger partial charge in [-0.25, -0.2) is 9.67 Å². The van der Waals surface area contributed by atoms with Crippen molar-refractivity contribution in [2.45, 2.75) is 26.2 Å². The molecule has 1 aliphatic heterocycles. The Balaban J connectivity index is 1.65. The third-order valence-electron chi connectivity index (χ3n) is 4.06. The van der Waals surface area contributed by atoms with Crippen LogP contribution < -0.4 is 10.5 Å². The second kappa shape index (κ2) is 7.28. The van der Waals surface area contributed by atoms with E-state index >= 15 is 0 Å². The molecule has 0 unspecified atom stereocenters. The Labute approximate surface area is 152 Å². The first-order valence-electron chi connectivity index (χ1n) is 7.93. The second-order valence-corrected chi connectivity index (χ2v) is 6.42. The molecule has 1 saturated heterocycles. The number of nitrogens with zero attached hydrogens (tertiary/aromatic N) is 5. The van der Waals surface area contributed by atoms with Crippen molar-refractivity contribution >= 4 is 17.3 Å². The predicted octanol–water partition coefficient (Wildman–Crippen LogP) is 2.08. The number of aryl methyl sites for hydroxylation is 1. The molecule has 2 aromatic rings. The monoisotopic (exact) mass is 391 g/mol. The summed E-state index contributed by atoms with van der Waals surface area (Å²) in [5, 5.41) is 3.37. The Morgan fingerprint density at radius 2 is 1.96 bits per heavy atom. The van der Waals surface area contributed by atoms with E-state index in [4.69, 9.17) is 16.0 Å². The lowest BCUT2D eigenvalue weighted by Gasteiger charge is -2.35. The highest BCUT2D eigenvalue weighted by Crippen LogP contribution is 2.24. The summed E-state index contributed by atoms with van der Waals surface area (Å²) in [6, 6.07) is 0. The summed E-state index contributed by atoms with van der Waals surface area (Å²) in [5.74, 6) is 0.607. The molecule has 0 atom stereocenters. The van der Waals surface area contributed by atoms with Gasteiger partial charge in [0, 0.05) is 39.6 Å². The molecule has 1 fully saturated rings. The van der Waals surface area contributed by atoms with Gasteiger partial charge < -0.3 is 9.32 Å². The largest absolute Gasteiger partial charge is 0.449 e. The summed E-state index contributed by atoms with van der Waals surface area (Å²) in [6.07, 6.45) is -1.71. The van der Waals surface area contributed by atoms with Crippen LogP contribution in [0.5, 0.6) is 0 Å². The maximum atomic E-state index is 12.5. The fourth-order valence-electron chi connectivity index (χ4n) is 2.82. The third-order valence-corrected chi connectivity index (χ3v) is 4.42. The Morgan fingerprint density at radius 1 is 1.27 bits per heavy atom. The lowest BCUT2D eigenvalue weighted by atomic mass is 10.2. The van der Waals surface area contributed by atoms with E-state index in [1.165, 1.54) is 6.20 Å². The van der Waals surface area contributed by atoms with Gasteiger partial charge in [0.25, 0.3) is 5.56 Å². The van der Waals surface area contributed by atoms with E-state index in [1.807, 2.05) is 4.90 Å². The maximum Gasteiger partial charge on any atom is 0.408 e. The molecule has 0 N–H and O–H groups in total. The summed E-state index contributed by atoms with van der Waals surface area (Å²) in [4.78, 5) is 20.3. The van der Waals surface area contributed by atoms with E-state index in [9.17, 15) is 18.0 Å². The molecule has 0 spiro atoms. The zero-order chi connectivity index (χ0) is 18.9. The van der Waals surface area contributed by atoms with Gasteiger partial charge in [0.1, 0.15) is 17.8 Å². The predicted molar refractivity (Wildman–Crippen MR) is 88.3 cm³/mol. The minimum Gasteiger partial charge on any atom is -0.449 e. The molecule has 142 valence electrons. The first-order chi connectivity index (χ1) is 12.2. The van der Waals surface area contributed by atoms with E-state index in [0.717, 1.165) is 5.69 Å². The van der Waals surface area contributed by atoms with Crippen LogP contribution in [-0.4, -0.2) is 52.0 Å². The number of hydrogen-bond donors (Lipinski definition) is 0. The van der Waals surface area contributed by atoms with Crippen LogP contribution in [0.15, 0.2) is 21.7 Å². The van der Waals surface area contributed by atoms with Crippen LogP contribution in [0.4, 0.5) is 18.9 Å². The number of rotatable bonds is 4. The van der Waals surface area contributed by atoms with Crippen LogP contribution in [0.1, 0.15) is 11.6 Å². The highest BCUT2D eigenvalue weighted by molar-refractivity contribution is 6.33. The summed E-state index contributed by atoms with van der Waals surface area (Å²) in [7, 11) is 0. The van der Waals surface area contributed by atoms with Gasteiger partial charge in [-0.2, -0.15) is 18.3 Å². The van der Waals surface area contributed by atoms with Crippen LogP contribution in [0.25, 0.3) is 0 Å². The quantitative estimate of drug-likeness (QED) is 0.795. The average Bonchev–Trinajstić information content (AvgIpc) is 2.97. The first kappa shape index (κ1) is 18.7. The topological polar surface area (TPSA) is 67.4 Å². The Kier molecular flexibility index (Phi) is 5.24. The highest BCUT2D eigenvalue weighted by Gasteiger charge is 2.30. The maximum absolute atomic E-state index is 12.5. The Morgan fingerprint density at radius 3 is 2.54 bits per heavy atom. The molecule has 0 radical (unpaired) electrons. The normalized spacial score (nSPS) is 16.3. The van der Waals surface area contributed by atoms with Gasteiger partial charge in [0.05, 0.1) is 17.6 Å². The van der Waals surface area contributed by atoms with Gasteiger partial charge in [-0.3, -0.25) is 9.69 Å². The lowest BCUT2D eigenvalue weighted by Crippen LogP contribution is -2.46. The van der Waals surface area contributed by atoms with Crippen LogP contribution in [-0.2, 0) is 13.1 Å². The van der Waals surface area contributed by atoms with Gasteiger partial charge in [0.15, 0.2) is 5.89 Å². The van der Waals surface area contributed by atoms with Crippen molar-refractivity contribution in [3.63, 3.8) is 0 Å². The van der Waals surface area contributed by atoms with E-state index in [0.29, 0.717) is 49.0 Å². The van der Waals surface area contributed by atoms with Gasteiger partial charge in [0.2, 0.25) is 0 Å². The number of hydrogen-bond acceptors (Lipinski definition) is 6. The molecule has 7 nitrogen and oxygen atoms in total. The van der Waals surface area contributed by atoms with Crippen LogP contribution >= 0.6 is 11.6 Å². The van der Waals surface area contributed by atoms with E-state index in [-0.39, 0.29) is 5.02 Å². The van der Waals surface area contributed by atoms with Gasteiger partial charge in [-0.05, 0) is 0 Å². The molecule has 0 aliphatic carbocycles. The molecular weight excluding hydrogens is 375 g/mol. The molecule has 0 amide bonds. The van der Waals surface area contributed by atoms with E-state index in [2.05, 4.69) is 15.0 Å². The van der Waals surface area contributed by atoms with Crippen molar-refractivity contribution in [2.75, 3.05) is 31.1 Å². The summed E-state index contributed by atoms with van der Waals surface area (Å²) >= 11 is 6.01. The number of anilines is 1. The summed E-state index contributed by atoms with van der Waals surface area (Å²) in [6.45, 7) is 3.47. The average molecular weight is 392 g/mol. The standard InChI is InChI=1S/C15H17ClF3N5O2/c1-10-21-11(8-26-10)7-22-2-4-23(5-3-22)12-6-20-24(9-15(17,18)19)14(25)13(12)16/h6,8H,2-5,7,9H2,1H3. The molecule has 3 heterocycles. The van der Waals surface area contributed by atoms with E-state index in [1.54, 1.807) is 13.2 Å². The Bertz CT molecular complexity index is 827. The van der Waals surface area contributed by atoms with Gasteiger partial charge in [-0.15, -0.1) is 0 Å². The second-order valence-electron chi connectivity index (χ2n) is 6.04. The molecule has 1 aliphatic rings. The fourth-order valence-corrected chi connectivity index (χ4v) is 3.08. The minimum atomic E-state index is -4.53. The molecule has 26 heavy (non-hydrogen) atoms. The smallest absolute Gasteiger partial charge is 0.408 e. The third kappa shape index (κ3) is 4.36. The van der Waals surface area contributed by atoms with Crippen LogP contribution in [0, 0.1) is 6.92 Å². The minimum absolute atomic E-state index is 0.246. The SMILES string of the molecule is Cc1nc(CN2CCN(c3cnn(CC(F)(F)F)c(=O)c3Cl)CC2)co1. The molecule has 11 heteroatoms. The highest BCUT2D eigenvalue weighted by atomic mass is 35.5. The molecule has 0 bridgehead atoms. The zero-order valence-electron chi connectivity index (χ0n) is 14.0. The van der Waals surface area contributed by atoms with Crippen molar-refractivity contribution in [2.24, 2.45) is 0 Å². The van der Waals surface area contributed by atoms with Crippen molar-refractivity contribution in [3.8, 4) is 0 Å². The van der Waals surface area contributed by atoms with Gasteiger partial charge >= 0.3 is 6.18 Å². The lowest BCUT2D eigenvalue weighted by molar-refractivity contribution is -0.143. The summed E-state index contributed by atoms with van der Waals surface area (Å²) in [5.41, 5.74) is 0.249. The molecule has 0 saturated carbocycles. The first-order valence-corrected chi connectivity index (χ1v) is 8.31. The number of oxazole rings is 1. The van der Waals surface area contributed by atoms with Crippen molar-refractivity contribution in [1.29, 1.82) is 0 Å². The van der Waals surface area contributed by atoms with Crippen molar-refractivity contribution < 1.29 is 17.6 Å². The van der Waals surface area contributed by atoms with Crippen molar-refractivity contribution in [3.05, 3.63) is 39.4 Å². The molecule has 2 aromatic heterocycles. The zero-order valence-corrected chi connectivity index (χ0v) is 14.7. The van der Waals surface area contributed by atoms with Gasteiger partial charge in [-0.1, -0.05) is 11.6 Å². The summed E-state index contributed by atoms with van der Waals surface area (Å²) < 4.78 is 42.9. The number of aromatic nitrogens is 3. The molecule has 3 rings (SSSR count). The van der Waals surface area contributed by atoms with Crippen LogP contribution in [0.3, 0.4) is 0 Å². The Hall–Kier alpha value is -2.07. The number of halogens is 4. The van der Waals surface area contributed by atoms with Crippen LogP contribution in [0.2, 0.25) is 5.02 Å². The molecular formula is C15H17ClF3N5O2. The number of alkyl halides is 3. The van der Waals surface area contributed by atoms with Crippen molar-refractivity contribution in [1.82, 2.24) is 19.7 Å². The van der Waals surface area contributed by atoms with E-state index < -0.39 is 18.3 Å². The fraction of sp³-hybridized carbons (Fsp3) is 0.533. The number of piperazine rings is 1. The molecule has 0 aromatic carbocycles.